The number of carboxylic acid groups (broad SMARTS) is 1. The second-order valence-electron chi connectivity index (χ2n) is 4.21. The van der Waals surface area contributed by atoms with Crippen molar-refractivity contribution in [3.63, 3.8) is 0 Å². The number of halogens is 1. The molecule has 0 heterocycles. The van der Waals surface area contributed by atoms with Gasteiger partial charge >= 0.3 is 5.97 Å². The van der Waals surface area contributed by atoms with E-state index in [0.29, 0.717) is 15.5 Å². The largest absolute Gasteiger partial charge is 0.478 e. The lowest BCUT2D eigenvalue weighted by molar-refractivity contribution is -0.384. The molecule has 0 atom stereocenters. The van der Waals surface area contributed by atoms with E-state index < -0.39 is 10.9 Å². The van der Waals surface area contributed by atoms with Crippen LogP contribution in [0.3, 0.4) is 0 Å². The first kappa shape index (κ1) is 16.1. The maximum Gasteiger partial charge on any atom is 0.328 e. The molecular weight excluding hydrogens is 326 g/mol. The van der Waals surface area contributed by atoms with E-state index in [2.05, 4.69) is 0 Å². The number of aliphatic carboxylic acids is 1. The molecule has 0 fully saturated rings. The van der Waals surface area contributed by atoms with Crippen molar-refractivity contribution in [2.75, 3.05) is 0 Å². The molecule has 0 saturated heterocycles. The topological polar surface area (TPSA) is 80.4 Å². The summed E-state index contributed by atoms with van der Waals surface area (Å²) in [5.74, 6) is -1.12. The van der Waals surface area contributed by atoms with Crippen LogP contribution in [0.4, 0.5) is 5.69 Å². The third-order valence-electron chi connectivity index (χ3n) is 2.65. The van der Waals surface area contributed by atoms with Gasteiger partial charge in [0.05, 0.1) is 4.92 Å². The Morgan fingerprint density at radius 3 is 2.50 bits per heavy atom. The third-order valence-corrected chi connectivity index (χ3v) is 4.00. The van der Waals surface area contributed by atoms with Gasteiger partial charge in [-0.15, -0.1) is 0 Å². The number of nitro benzene ring substituents is 1. The van der Waals surface area contributed by atoms with Crippen molar-refractivity contribution in [1.82, 2.24) is 0 Å². The lowest BCUT2D eigenvalue weighted by atomic mass is 10.2. The molecule has 7 heteroatoms. The molecule has 0 saturated carbocycles. The molecular formula is C15H10ClNO4S. The van der Waals surface area contributed by atoms with E-state index >= 15 is 0 Å². The van der Waals surface area contributed by atoms with Crippen molar-refractivity contribution in [3.8, 4) is 0 Å². The van der Waals surface area contributed by atoms with Gasteiger partial charge in [-0.1, -0.05) is 23.4 Å². The molecule has 0 aliphatic carbocycles. The van der Waals surface area contributed by atoms with Gasteiger partial charge in [-0.2, -0.15) is 0 Å². The number of nitrogens with zero attached hydrogens (tertiary/aromatic N) is 1. The van der Waals surface area contributed by atoms with Crippen LogP contribution in [0.25, 0.3) is 6.08 Å². The number of rotatable bonds is 5. The number of benzene rings is 2. The van der Waals surface area contributed by atoms with Gasteiger partial charge in [-0.25, -0.2) is 4.79 Å². The SMILES string of the molecule is O=C(O)C=Cc1cc([N+](=O)[O-])ccc1Sc1ccc(Cl)cc1. The summed E-state index contributed by atoms with van der Waals surface area (Å²) in [4.78, 5) is 22.6. The van der Waals surface area contributed by atoms with Crippen LogP contribution in [0, 0.1) is 10.1 Å². The summed E-state index contributed by atoms with van der Waals surface area (Å²) in [5.41, 5.74) is 0.377. The lowest BCUT2D eigenvalue weighted by Gasteiger charge is -2.06. The number of hydrogen-bond acceptors (Lipinski definition) is 4. The predicted octanol–water partition coefficient (Wildman–Crippen LogP) is 4.50. The van der Waals surface area contributed by atoms with Crippen LogP contribution in [0.15, 0.2) is 58.3 Å². The van der Waals surface area contributed by atoms with E-state index in [1.54, 1.807) is 18.2 Å². The van der Waals surface area contributed by atoms with E-state index in [0.717, 1.165) is 11.0 Å². The summed E-state index contributed by atoms with van der Waals surface area (Å²) in [6.07, 6.45) is 2.29. The van der Waals surface area contributed by atoms with Gasteiger partial charge in [0.15, 0.2) is 0 Å². The van der Waals surface area contributed by atoms with Crippen LogP contribution in [0.1, 0.15) is 5.56 Å². The zero-order chi connectivity index (χ0) is 16.1. The van der Waals surface area contributed by atoms with Crippen molar-refractivity contribution in [1.29, 1.82) is 0 Å². The number of hydrogen-bond donors (Lipinski definition) is 1. The van der Waals surface area contributed by atoms with Crippen molar-refractivity contribution < 1.29 is 14.8 Å². The Balaban J connectivity index is 2.38. The van der Waals surface area contributed by atoms with Gasteiger partial charge in [0.25, 0.3) is 5.69 Å². The number of carboxylic acids is 1. The fraction of sp³-hybridized carbons (Fsp3) is 0. The molecule has 0 radical (unpaired) electrons. The number of carbonyl (C=O) groups is 1. The smallest absolute Gasteiger partial charge is 0.328 e. The van der Waals surface area contributed by atoms with Gasteiger partial charge in [-0.3, -0.25) is 10.1 Å². The summed E-state index contributed by atoms with van der Waals surface area (Å²) < 4.78 is 0. The Labute approximate surface area is 135 Å². The highest BCUT2D eigenvalue weighted by Crippen LogP contribution is 2.33. The lowest BCUT2D eigenvalue weighted by Crippen LogP contribution is -1.91. The average molecular weight is 336 g/mol. The standard InChI is InChI=1S/C15H10ClNO4S/c16-11-2-5-13(6-3-11)22-14-7-4-12(17(20)21)9-10(14)1-8-15(18)19/h1-9H,(H,18,19). The zero-order valence-electron chi connectivity index (χ0n) is 11.1. The van der Waals surface area contributed by atoms with Crippen molar-refractivity contribution in [3.05, 3.63) is 69.2 Å². The molecule has 0 unspecified atom stereocenters. The highest BCUT2D eigenvalue weighted by molar-refractivity contribution is 7.99. The first-order chi connectivity index (χ1) is 10.5. The van der Waals surface area contributed by atoms with Crippen molar-refractivity contribution in [2.24, 2.45) is 0 Å². The van der Waals surface area contributed by atoms with Crippen LogP contribution in [-0.2, 0) is 4.79 Å². The summed E-state index contributed by atoms with van der Waals surface area (Å²) in [6, 6.07) is 11.4. The maximum absolute atomic E-state index is 10.8. The quantitative estimate of drug-likeness (QED) is 0.494. The Hall–Kier alpha value is -2.31. The van der Waals surface area contributed by atoms with Crippen molar-refractivity contribution >= 4 is 41.1 Å². The molecule has 0 aromatic heterocycles. The fourth-order valence-corrected chi connectivity index (χ4v) is 2.70. The van der Waals surface area contributed by atoms with Gasteiger partial charge < -0.3 is 5.11 Å². The molecule has 0 aliphatic heterocycles. The molecule has 2 aromatic carbocycles. The summed E-state index contributed by atoms with van der Waals surface area (Å²) in [5, 5.41) is 20.2. The van der Waals surface area contributed by atoms with E-state index in [1.165, 1.54) is 30.0 Å². The highest BCUT2D eigenvalue weighted by atomic mass is 35.5. The molecule has 0 spiro atoms. The van der Waals surface area contributed by atoms with Crippen LogP contribution in [0.5, 0.6) is 0 Å². The van der Waals surface area contributed by atoms with Crippen LogP contribution < -0.4 is 0 Å². The summed E-state index contributed by atoms with van der Waals surface area (Å²) >= 11 is 7.20. The molecule has 22 heavy (non-hydrogen) atoms. The monoisotopic (exact) mass is 335 g/mol. The molecule has 5 nitrogen and oxygen atoms in total. The van der Waals surface area contributed by atoms with Crippen LogP contribution in [0.2, 0.25) is 5.02 Å². The van der Waals surface area contributed by atoms with E-state index in [4.69, 9.17) is 16.7 Å². The molecule has 0 aliphatic rings. The Bertz CT molecular complexity index is 744. The van der Waals surface area contributed by atoms with Gasteiger partial charge in [0.2, 0.25) is 0 Å². The van der Waals surface area contributed by atoms with E-state index in [9.17, 15) is 14.9 Å². The summed E-state index contributed by atoms with van der Waals surface area (Å²) in [7, 11) is 0. The van der Waals surface area contributed by atoms with E-state index in [1.807, 2.05) is 12.1 Å². The molecule has 2 aromatic rings. The molecule has 1 N–H and O–H groups in total. The minimum absolute atomic E-state index is 0.0921. The summed E-state index contributed by atoms with van der Waals surface area (Å²) in [6.45, 7) is 0. The van der Waals surface area contributed by atoms with Gasteiger partial charge in [-0.05, 0) is 42.0 Å². The minimum atomic E-state index is -1.12. The molecule has 0 amide bonds. The zero-order valence-corrected chi connectivity index (χ0v) is 12.7. The molecule has 2 rings (SSSR count). The Morgan fingerprint density at radius 1 is 1.23 bits per heavy atom. The second-order valence-corrected chi connectivity index (χ2v) is 5.76. The Kier molecular flexibility index (Phi) is 5.19. The highest BCUT2D eigenvalue weighted by Gasteiger charge is 2.10. The maximum atomic E-state index is 10.8. The third kappa shape index (κ3) is 4.34. The Morgan fingerprint density at radius 2 is 1.91 bits per heavy atom. The van der Waals surface area contributed by atoms with Crippen LogP contribution in [-0.4, -0.2) is 16.0 Å². The predicted molar refractivity (Wildman–Crippen MR) is 85.3 cm³/mol. The first-order valence-electron chi connectivity index (χ1n) is 6.08. The number of non-ortho nitro benzene ring substituents is 1. The van der Waals surface area contributed by atoms with Crippen LogP contribution >= 0.6 is 23.4 Å². The van der Waals surface area contributed by atoms with Gasteiger partial charge in [0.1, 0.15) is 0 Å². The fourth-order valence-electron chi connectivity index (χ4n) is 1.66. The van der Waals surface area contributed by atoms with E-state index in [-0.39, 0.29) is 5.69 Å². The number of nitro groups is 1. The second kappa shape index (κ2) is 7.11. The minimum Gasteiger partial charge on any atom is -0.478 e. The van der Waals surface area contributed by atoms with Gasteiger partial charge in [0, 0.05) is 33.0 Å². The average Bonchev–Trinajstić information content (AvgIpc) is 2.48. The first-order valence-corrected chi connectivity index (χ1v) is 7.28. The van der Waals surface area contributed by atoms with Crippen molar-refractivity contribution in [2.45, 2.75) is 9.79 Å². The molecule has 112 valence electrons. The normalized spacial score (nSPS) is 10.8. The molecule has 0 bridgehead atoms.